The second-order valence-corrected chi connectivity index (χ2v) is 4.02. The molecular formula is C14H16N5+. The van der Waals surface area contributed by atoms with Gasteiger partial charge in [-0.1, -0.05) is 36.4 Å². The Balaban J connectivity index is 2.05. The maximum absolute atomic E-state index is 5.73. The minimum absolute atomic E-state index is 0.297. The quantitative estimate of drug-likeness (QED) is 0.251. The Hall–Kier alpha value is -2.69. The molecule has 96 valence electrons. The monoisotopic (exact) mass is 254 g/mol. The van der Waals surface area contributed by atoms with Crippen LogP contribution in [0.15, 0.2) is 64.9 Å². The van der Waals surface area contributed by atoms with Crippen LogP contribution in [-0.4, -0.2) is 5.84 Å². The van der Waals surface area contributed by atoms with Gasteiger partial charge in [0.05, 0.1) is 10.7 Å². The molecule has 0 aromatic heterocycles. The zero-order valence-electron chi connectivity index (χ0n) is 10.5. The second-order valence-electron chi connectivity index (χ2n) is 4.02. The number of hydrogen-bond acceptors (Lipinski definition) is 2. The Morgan fingerprint density at radius 1 is 1.11 bits per heavy atom. The predicted molar refractivity (Wildman–Crippen MR) is 75.3 cm³/mol. The first-order valence-corrected chi connectivity index (χ1v) is 5.91. The van der Waals surface area contributed by atoms with Crippen LogP contribution in [0.3, 0.4) is 0 Å². The molecule has 0 fully saturated rings. The summed E-state index contributed by atoms with van der Waals surface area (Å²) >= 11 is 0. The largest absolute Gasteiger partial charge is 0.381 e. The molecule has 0 radical (unpaired) electrons. The SMILES string of the molecule is NN=NC(=[NH2+])c1cccc(NCc2ccccc2)c1. The summed E-state index contributed by atoms with van der Waals surface area (Å²) in [4.78, 5) is 0. The number of rotatable bonds is 4. The Kier molecular flexibility index (Phi) is 4.23. The number of benzene rings is 2. The lowest BCUT2D eigenvalue weighted by atomic mass is 10.1. The number of nitrogens with zero attached hydrogens (tertiary/aromatic N) is 2. The van der Waals surface area contributed by atoms with Crippen LogP contribution in [0.2, 0.25) is 0 Å². The molecule has 5 nitrogen and oxygen atoms in total. The molecule has 0 amide bonds. The van der Waals surface area contributed by atoms with Gasteiger partial charge in [-0.25, -0.2) is 0 Å². The van der Waals surface area contributed by atoms with E-state index in [4.69, 9.17) is 11.3 Å². The molecule has 0 heterocycles. The van der Waals surface area contributed by atoms with Crippen molar-refractivity contribution in [1.82, 2.24) is 0 Å². The highest BCUT2D eigenvalue weighted by atomic mass is 15.3. The molecule has 0 bridgehead atoms. The molecular weight excluding hydrogens is 238 g/mol. The predicted octanol–water partition coefficient (Wildman–Crippen LogP) is 1.13. The maximum Gasteiger partial charge on any atom is 0.350 e. The van der Waals surface area contributed by atoms with Crippen molar-refractivity contribution in [3.63, 3.8) is 0 Å². The van der Waals surface area contributed by atoms with Crippen molar-refractivity contribution in [3.05, 3.63) is 65.7 Å². The minimum atomic E-state index is 0.297. The molecule has 0 spiro atoms. The number of amidine groups is 1. The third-order valence-corrected chi connectivity index (χ3v) is 2.66. The summed E-state index contributed by atoms with van der Waals surface area (Å²) in [5.41, 5.74) is 2.97. The third kappa shape index (κ3) is 3.64. The van der Waals surface area contributed by atoms with Crippen LogP contribution in [0, 0.1) is 0 Å². The second kappa shape index (κ2) is 6.30. The van der Waals surface area contributed by atoms with E-state index in [2.05, 4.69) is 27.8 Å². The summed E-state index contributed by atoms with van der Waals surface area (Å²) in [6.07, 6.45) is 0. The fraction of sp³-hybridized carbons (Fsp3) is 0.0714. The van der Waals surface area contributed by atoms with E-state index in [9.17, 15) is 0 Å². The standard InChI is InChI=1S/C14H15N5/c15-14(18-19-16)12-7-4-8-13(9-12)17-10-11-5-2-1-3-6-11/h1-9,17H,10H2,(H3,15,16,18)/p+1. The molecule has 0 aliphatic heterocycles. The summed E-state index contributed by atoms with van der Waals surface area (Å²) in [5.74, 6) is 5.28. The van der Waals surface area contributed by atoms with Gasteiger partial charge >= 0.3 is 5.84 Å². The highest BCUT2D eigenvalue weighted by Gasteiger charge is 2.08. The van der Waals surface area contributed by atoms with Crippen molar-refractivity contribution in [2.24, 2.45) is 16.2 Å². The molecule has 5 N–H and O–H groups in total. The molecule has 0 unspecified atom stereocenters. The Labute approximate surface area is 111 Å². The first kappa shape index (κ1) is 12.8. The van der Waals surface area contributed by atoms with Gasteiger partial charge in [-0.3, -0.25) is 11.3 Å². The summed E-state index contributed by atoms with van der Waals surface area (Å²) in [6.45, 7) is 0.753. The number of nitrogens with one attached hydrogen (secondary N) is 1. The van der Waals surface area contributed by atoms with E-state index in [1.807, 2.05) is 42.5 Å². The van der Waals surface area contributed by atoms with Crippen molar-refractivity contribution < 1.29 is 5.41 Å². The normalized spacial score (nSPS) is 10.5. The molecule has 0 saturated heterocycles. The molecule has 0 atom stereocenters. The fourth-order valence-electron chi connectivity index (χ4n) is 1.71. The molecule has 0 aliphatic carbocycles. The number of nitrogens with two attached hydrogens (primary N) is 2. The van der Waals surface area contributed by atoms with Gasteiger partial charge < -0.3 is 5.32 Å². The average molecular weight is 254 g/mol. The first-order valence-electron chi connectivity index (χ1n) is 5.91. The number of hydrogen-bond donors (Lipinski definition) is 3. The molecule has 2 aromatic rings. The van der Waals surface area contributed by atoms with Crippen LogP contribution >= 0.6 is 0 Å². The lowest BCUT2D eigenvalue weighted by Gasteiger charge is -2.06. The third-order valence-electron chi connectivity index (χ3n) is 2.66. The van der Waals surface area contributed by atoms with Crippen LogP contribution in [0.5, 0.6) is 0 Å². The summed E-state index contributed by atoms with van der Waals surface area (Å²) in [7, 11) is 0. The van der Waals surface area contributed by atoms with Crippen molar-refractivity contribution in [1.29, 1.82) is 0 Å². The van der Waals surface area contributed by atoms with Crippen LogP contribution < -0.4 is 16.6 Å². The van der Waals surface area contributed by atoms with Crippen molar-refractivity contribution in [2.45, 2.75) is 6.54 Å². The van der Waals surface area contributed by atoms with Gasteiger partial charge in [0.25, 0.3) is 0 Å². The molecule has 2 aromatic carbocycles. The van der Waals surface area contributed by atoms with Gasteiger partial charge in [-0.05, 0) is 23.8 Å². The summed E-state index contributed by atoms with van der Waals surface area (Å²) in [6, 6.07) is 17.8. The van der Waals surface area contributed by atoms with Gasteiger partial charge in [0.1, 0.15) is 0 Å². The molecule has 0 saturated carbocycles. The van der Waals surface area contributed by atoms with Gasteiger partial charge in [0.15, 0.2) is 0 Å². The molecule has 19 heavy (non-hydrogen) atoms. The highest BCUT2D eigenvalue weighted by Crippen LogP contribution is 2.12. The van der Waals surface area contributed by atoms with Crippen LogP contribution in [0.25, 0.3) is 0 Å². The average Bonchev–Trinajstić information content (AvgIpc) is 2.47. The van der Waals surface area contributed by atoms with Crippen molar-refractivity contribution >= 4 is 11.5 Å². The van der Waals surface area contributed by atoms with E-state index in [0.29, 0.717) is 5.84 Å². The van der Waals surface area contributed by atoms with E-state index in [0.717, 1.165) is 17.8 Å². The van der Waals surface area contributed by atoms with Crippen LogP contribution in [0.1, 0.15) is 11.1 Å². The van der Waals surface area contributed by atoms with E-state index >= 15 is 0 Å². The lowest BCUT2D eigenvalue weighted by Crippen LogP contribution is -2.38. The molecule has 0 aliphatic rings. The van der Waals surface area contributed by atoms with Crippen molar-refractivity contribution in [2.75, 3.05) is 5.32 Å². The smallest absolute Gasteiger partial charge is 0.350 e. The van der Waals surface area contributed by atoms with Crippen LogP contribution in [-0.2, 0) is 6.54 Å². The van der Waals surface area contributed by atoms with Gasteiger partial charge in [-0.15, -0.1) is 0 Å². The molecule has 5 heteroatoms. The minimum Gasteiger partial charge on any atom is -0.381 e. The van der Waals surface area contributed by atoms with E-state index < -0.39 is 0 Å². The summed E-state index contributed by atoms with van der Waals surface area (Å²) < 4.78 is 0. The van der Waals surface area contributed by atoms with E-state index in [1.165, 1.54) is 5.56 Å². The lowest BCUT2D eigenvalue weighted by molar-refractivity contribution is -0.114. The Morgan fingerprint density at radius 2 is 1.89 bits per heavy atom. The maximum atomic E-state index is 5.73. The first-order chi connectivity index (χ1) is 9.29. The van der Waals surface area contributed by atoms with Gasteiger partial charge in [0.2, 0.25) is 0 Å². The topological polar surface area (TPSA) is 88.4 Å². The highest BCUT2D eigenvalue weighted by molar-refractivity contribution is 5.95. The summed E-state index contributed by atoms with van der Waals surface area (Å²) in [5, 5.41) is 15.9. The van der Waals surface area contributed by atoms with Gasteiger partial charge in [0, 0.05) is 17.5 Å². The van der Waals surface area contributed by atoms with Crippen LogP contribution in [0.4, 0.5) is 5.69 Å². The Bertz CT molecular complexity index is 577. The number of anilines is 1. The Morgan fingerprint density at radius 3 is 2.63 bits per heavy atom. The zero-order chi connectivity index (χ0) is 13.5. The van der Waals surface area contributed by atoms with E-state index in [-0.39, 0.29) is 0 Å². The van der Waals surface area contributed by atoms with Gasteiger partial charge in [-0.2, -0.15) is 0 Å². The zero-order valence-corrected chi connectivity index (χ0v) is 10.5. The van der Waals surface area contributed by atoms with Crippen molar-refractivity contribution in [3.8, 4) is 0 Å². The van der Waals surface area contributed by atoms with E-state index in [1.54, 1.807) is 0 Å². The fourth-order valence-corrected chi connectivity index (χ4v) is 1.71. The molecule has 2 rings (SSSR count).